The van der Waals surface area contributed by atoms with Crippen LogP contribution in [0.4, 0.5) is 14.0 Å². The molecule has 2 saturated heterocycles. The third kappa shape index (κ3) is 10.2. The first-order valence-corrected chi connectivity index (χ1v) is 23.0. The summed E-state index contributed by atoms with van der Waals surface area (Å²) in [6.45, 7) is 9.44. The lowest BCUT2D eigenvalue weighted by Crippen LogP contribution is -2.51. The number of hydrogen-bond donors (Lipinski definition) is 4. The highest BCUT2D eigenvalue weighted by molar-refractivity contribution is 5.87. The van der Waals surface area contributed by atoms with E-state index in [9.17, 15) is 19.2 Å². The van der Waals surface area contributed by atoms with E-state index in [2.05, 4.69) is 25.6 Å². The van der Waals surface area contributed by atoms with Gasteiger partial charge in [0.1, 0.15) is 29.5 Å². The van der Waals surface area contributed by atoms with Crippen molar-refractivity contribution >= 4 is 24.0 Å². The van der Waals surface area contributed by atoms with Gasteiger partial charge in [0.05, 0.1) is 62.3 Å². The number of likely N-dealkylation sites (tertiary alicyclic amines) is 2. The zero-order valence-electron chi connectivity index (χ0n) is 38.8. The van der Waals surface area contributed by atoms with Gasteiger partial charge in [0.15, 0.2) is 0 Å². The van der Waals surface area contributed by atoms with Crippen LogP contribution < -0.4 is 10.6 Å². The second-order valence-electron chi connectivity index (χ2n) is 18.0. The standard InChI is InChI=1S/C50H59FN8O8/c1-28(2)42(56-49(62)64-5)47(60)58-20-7-9-40(58)45-52-25-38(53-45)33-16-14-31(15-17-33)30-10-12-32(13-11-30)34-18-19-36(37(51)23-34)44-39-27-66-21-8-22-67-35-24-41(46(54-39)55-44)59(26-35)48(61)43(29(3)4)57-50(63)65-6/h10-19,23,25,28-29,35,40-43H,7-9,20-22,24,26-27H2,1-6H3,(H,52,53)(H,54,55)(H,56,62)(H,57,63)/t35-,40-,41-,42+,43-/m0/s1. The lowest BCUT2D eigenvalue weighted by atomic mass is 9.98. The van der Waals surface area contributed by atoms with Crippen LogP contribution in [0.1, 0.15) is 82.8 Å². The van der Waals surface area contributed by atoms with Crippen LogP contribution in [0.25, 0.3) is 44.8 Å². The summed E-state index contributed by atoms with van der Waals surface area (Å²) < 4.78 is 38.0. The molecule has 0 radical (unpaired) electrons. The molecule has 16 nitrogen and oxygen atoms in total. The lowest BCUT2D eigenvalue weighted by Gasteiger charge is -2.30. The minimum Gasteiger partial charge on any atom is -0.453 e. The first-order valence-electron chi connectivity index (χ1n) is 23.0. The molecule has 17 heteroatoms. The summed E-state index contributed by atoms with van der Waals surface area (Å²) >= 11 is 0. The molecular weight excluding hydrogens is 860 g/mol. The van der Waals surface area contributed by atoms with Crippen molar-refractivity contribution in [1.29, 1.82) is 0 Å². The molecule has 3 aliphatic rings. The van der Waals surface area contributed by atoms with E-state index in [0.29, 0.717) is 73.3 Å². The monoisotopic (exact) mass is 918 g/mol. The minimum atomic E-state index is -0.831. The first kappa shape index (κ1) is 46.9. The van der Waals surface area contributed by atoms with Crippen molar-refractivity contribution in [3.63, 3.8) is 0 Å². The van der Waals surface area contributed by atoms with E-state index in [0.717, 1.165) is 40.8 Å². The molecule has 0 unspecified atom stereocenters. The maximum absolute atomic E-state index is 16.3. The van der Waals surface area contributed by atoms with Gasteiger partial charge in [-0.2, -0.15) is 0 Å². The number of hydrogen-bond acceptors (Lipinski definition) is 10. The van der Waals surface area contributed by atoms with Gasteiger partial charge >= 0.3 is 12.2 Å². The number of halogens is 1. The number of nitrogens with one attached hydrogen (secondary N) is 4. The number of H-pyrrole nitrogens is 2. The number of benzene rings is 3. The summed E-state index contributed by atoms with van der Waals surface area (Å²) in [5.41, 5.74) is 6.62. The number of amides is 4. The number of nitrogens with zero attached hydrogens (tertiary/aromatic N) is 4. The number of ether oxygens (including phenoxy) is 4. The van der Waals surface area contributed by atoms with Gasteiger partial charge in [-0.3, -0.25) is 9.59 Å². The summed E-state index contributed by atoms with van der Waals surface area (Å²) in [4.78, 5) is 71.7. The number of fused-ring (bicyclic) bond motifs is 5. The Balaban J connectivity index is 0.967. The van der Waals surface area contributed by atoms with E-state index in [1.54, 1.807) is 22.1 Å². The smallest absolute Gasteiger partial charge is 0.407 e. The molecule has 2 fully saturated rings. The number of carbonyl (C=O) groups is 4. The Morgan fingerprint density at radius 1 is 0.746 bits per heavy atom. The molecule has 5 aromatic rings. The fraction of sp³-hybridized carbons (Fsp3) is 0.440. The van der Waals surface area contributed by atoms with Crippen LogP contribution in [0, 0.1) is 17.7 Å². The molecule has 8 rings (SSSR count). The molecule has 4 bridgehead atoms. The van der Waals surface area contributed by atoms with Crippen molar-refractivity contribution in [2.24, 2.45) is 11.8 Å². The fourth-order valence-corrected chi connectivity index (χ4v) is 9.23. The van der Waals surface area contributed by atoms with Crippen LogP contribution in [-0.4, -0.2) is 112 Å². The lowest BCUT2D eigenvalue weighted by molar-refractivity contribution is -0.136. The molecule has 5 atom stereocenters. The van der Waals surface area contributed by atoms with Gasteiger partial charge in [-0.05, 0) is 71.0 Å². The highest BCUT2D eigenvalue weighted by atomic mass is 19.1. The molecule has 2 aromatic heterocycles. The molecule has 3 aromatic carbocycles. The Kier molecular flexibility index (Phi) is 14.4. The number of carbonyl (C=O) groups excluding carboxylic acids is 4. The van der Waals surface area contributed by atoms with E-state index in [4.69, 9.17) is 23.9 Å². The van der Waals surface area contributed by atoms with E-state index in [1.165, 1.54) is 20.3 Å². The minimum absolute atomic E-state index is 0.124. The van der Waals surface area contributed by atoms with E-state index >= 15 is 4.39 Å². The van der Waals surface area contributed by atoms with E-state index in [1.807, 2.05) is 82.3 Å². The van der Waals surface area contributed by atoms with Crippen molar-refractivity contribution in [1.82, 2.24) is 40.4 Å². The molecule has 67 heavy (non-hydrogen) atoms. The molecule has 3 aliphatic heterocycles. The number of methoxy groups -OCH3 is 2. The van der Waals surface area contributed by atoms with Crippen molar-refractivity contribution in [2.75, 3.05) is 40.5 Å². The molecule has 0 spiro atoms. The topological polar surface area (TPSA) is 193 Å². The number of aromatic amines is 2. The van der Waals surface area contributed by atoms with Crippen molar-refractivity contribution in [3.05, 3.63) is 96.1 Å². The first-order chi connectivity index (χ1) is 32.3. The van der Waals surface area contributed by atoms with Gasteiger partial charge in [-0.1, -0.05) is 82.3 Å². The quantitative estimate of drug-likeness (QED) is 0.101. The predicted octanol–water partition coefficient (Wildman–Crippen LogP) is 7.94. The van der Waals surface area contributed by atoms with Crippen LogP contribution in [0.15, 0.2) is 72.9 Å². The van der Waals surface area contributed by atoms with Gasteiger partial charge in [-0.25, -0.2) is 23.9 Å². The molecule has 0 aliphatic carbocycles. The van der Waals surface area contributed by atoms with Crippen molar-refractivity contribution in [2.45, 2.75) is 90.3 Å². The summed E-state index contributed by atoms with van der Waals surface area (Å²) in [5, 5.41) is 5.38. The van der Waals surface area contributed by atoms with Gasteiger partial charge < -0.3 is 49.3 Å². The normalized spacial score (nSPS) is 19.4. The van der Waals surface area contributed by atoms with Crippen LogP contribution in [0.3, 0.4) is 0 Å². The molecule has 4 amide bonds. The van der Waals surface area contributed by atoms with Crippen molar-refractivity contribution < 1.29 is 42.5 Å². The maximum atomic E-state index is 16.3. The Morgan fingerprint density at radius 2 is 1.34 bits per heavy atom. The van der Waals surface area contributed by atoms with Crippen LogP contribution in [0.2, 0.25) is 0 Å². The fourth-order valence-electron chi connectivity index (χ4n) is 9.23. The van der Waals surface area contributed by atoms with Gasteiger partial charge in [-0.15, -0.1) is 0 Å². The zero-order chi connectivity index (χ0) is 47.4. The third-order valence-corrected chi connectivity index (χ3v) is 12.9. The molecular formula is C50H59FN8O8. The summed E-state index contributed by atoms with van der Waals surface area (Å²) in [6, 6.07) is 18.9. The Labute approximate surface area is 389 Å². The Morgan fingerprint density at radius 3 is 1.96 bits per heavy atom. The number of aromatic nitrogens is 4. The van der Waals surface area contributed by atoms with Gasteiger partial charge in [0, 0.05) is 38.3 Å². The second-order valence-corrected chi connectivity index (χ2v) is 18.0. The summed E-state index contributed by atoms with van der Waals surface area (Å²) in [7, 11) is 2.54. The predicted molar refractivity (Wildman–Crippen MR) is 248 cm³/mol. The van der Waals surface area contributed by atoms with Crippen LogP contribution in [-0.2, 0) is 35.1 Å². The largest absolute Gasteiger partial charge is 0.453 e. The average Bonchev–Trinajstić information content (AvgIpc) is 4.17. The molecule has 4 N–H and O–H groups in total. The SMILES string of the molecule is COC(=O)N[C@H](C(=O)N1C[C@@H]2C[C@H]1c1nc(-c3ccc(-c4ccc(-c5ccc(-c6cnc([C@@H]7CCCN7C(=O)[C@H](NC(=O)OC)C(C)C)[nH]6)cc5)cc4)cc3F)c([nH]1)COCCCO2)C(C)C. The van der Waals surface area contributed by atoms with Gasteiger partial charge in [0.25, 0.3) is 0 Å². The number of rotatable bonds is 11. The second kappa shape index (κ2) is 20.5. The number of alkyl carbamates (subject to hydrolysis) is 2. The van der Waals surface area contributed by atoms with Crippen molar-refractivity contribution in [3.8, 4) is 44.8 Å². The highest BCUT2D eigenvalue weighted by Crippen LogP contribution is 2.38. The maximum Gasteiger partial charge on any atom is 0.407 e. The van der Waals surface area contributed by atoms with E-state index in [-0.39, 0.29) is 42.4 Å². The summed E-state index contributed by atoms with van der Waals surface area (Å²) in [6.07, 6.45) is 2.91. The van der Waals surface area contributed by atoms with Crippen LogP contribution >= 0.6 is 0 Å². The molecule has 0 saturated carbocycles. The molecule has 5 heterocycles. The summed E-state index contributed by atoms with van der Waals surface area (Å²) in [5.74, 6) is -0.0370. The third-order valence-electron chi connectivity index (χ3n) is 12.9. The van der Waals surface area contributed by atoms with E-state index < -0.39 is 36.1 Å². The number of imidazole rings is 2. The van der Waals surface area contributed by atoms with Gasteiger partial charge in [0.2, 0.25) is 11.8 Å². The van der Waals surface area contributed by atoms with Crippen LogP contribution in [0.5, 0.6) is 0 Å². The Bertz CT molecular complexity index is 2560. The molecule has 354 valence electrons. The zero-order valence-corrected chi connectivity index (χ0v) is 38.8. The Hall–Kier alpha value is -6.59. The average molecular weight is 919 g/mol. The highest BCUT2D eigenvalue weighted by Gasteiger charge is 2.43.